The fourth-order valence-corrected chi connectivity index (χ4v) is 1.93. The molecule has 3 rings (SSSR count). The zero-order chi connectivity index (χ0) is 10.4. The number of nitrogen functional groups attached to an aromatic ring is 1. The Morgan fingerprint density at radius 3 is 3.00 bits per heavy atom. The fourth-order valence-electron chi connectivity index (χ4n) is 1.93. The third-order valence-corrected chi connectivity index (χ3v) is 2.59. The molecule has 1 aliphatic carbocycles. The van der Waals surface area contributed by atoms with Crippen LogP contribution in [0.3, 0.4) is 0 Å². The van der Waals surface area contributed by atoms with Gasteiger partial charge in [-0.2, -0.15) is 0 Å². The number of nitrogens with zero attached hydrogens (tertiary/aromatic N) is 2. The number of hydrogen-bond acceptors (Lipinski definition) is 3. The Balaban J connectivity index is 2.26. The number of hydrogen-bond donors (Lipinski definition) is 1. The lowest BCUT2D eigenvalue weighted by Gasteiger charge is -1.99. The van der Waals surface area contributed by atoms with E-state index in [0.29, 0.717) is 6.42 Å². The van der Waals surface area contributed by atoms with E-state index in [2.05, 4.69) is 9.97 Å². The summed E-state index contributed by atoms with van der Waals surface area (Å²) in [6.45, 7) is 0. The molecule has 0 radical (unpaired) electrons. The van der Waals surface area contributed by atoms with Gasteiger partial charge in [-0.1, -0.05) is 0 Å². The molecule has 2 N–H and O–H groups in total. The van der Waals surface area contributed by atoms with E-state index in [1.165, 1.54) is 12.1 Å². The van der Waals surface area contributed by atoms with Crippen molar-refractivity contribution in [3.63, 3.8) is 0 Å². The fraction of sp³-hybridized carbons (Fsp3) is 0.0909. The molecule has 1 aromatic heterocycles. The molecule has 1 aromatic carbocycles. The van der Waals surface area contributed by atoms with Crippen molar-refractivity contribution in [2.75, 3.05) is 5.73 Å². The molecule has 1 heterocycles. The minimum Gasteiger partial charge on any atom is -0.368 e. The van der Waals surface area contributed by atoms with E-state index in [9.17, 15) is 4.39 Å². The van der Waals surface area contributed by atoms with Crippen LogP contribution in [0.5, 0.6) is 0 Å². The van der Waals surface area contributed by atoms with Gasteiger partial charge in [-0.05, 0) is 23.8 Å². The molecule has 2 aromatic rings. The van der Waals surface area contributed by atoms with Gasteiger partial charge in [0.1, 0.15) is 5.82 Å². The molecule has 0 unspecified atom stereocenters. The molecule has 0 amide bonds. The van der Waals surface area contributed by atoms with Crippen LogP contribution in [-0.2, 0) is 6.42 Å². The molecule has 0 saturated carbocycles. The van der Waals surface area contributed by atoms with Gasteiger partial charge >= 0.3 is 0 Å². The summed E-state index contributed by atoms with van der Waals surface area (Å²) in [5.41, 5.74) is 9.26. The molecule has 0 aliphatic heterocycles. The van der Waals surface area contributed by atoms with Crippen LogP contribution < -0.4 is 5.73 Å². The Bertz CT molecular complexity index is 552. The van der Waals surface area contributed by atoms with Crippen molar-refractivity contribution in [2.24, 2.45) is 0 Å². The third-order valence-electron chi connectivity index (χ3n) is 2.59. The first kappa shape index (κ1) is 8.35. The van der Waals surface area contributed by atoms with E-state index < -0.39 is 0 Å². The van der Waals surface area contributed by atoms with Gasteiger partial charge in [0, 0.05) is 23.7 Å². The first-order valence-corrected chi connectivity index (χ1v) is 4.64. The van der Waals surface area contributed by atoms with Crippen LogP contribution >= 0.6 is 0 Å². The van der Waals surface area contributed by atoms with Crippen LogP contribution in [0.15, 0.2) is 24.4 Å². The second-order valence-corrected chi connectivity index (χ2v) is 3.58. The average Bonchev–Trinajstić information content (AvgIpc) is 2.54. The Labute approximate surface area is 85.8 Å². The number of benzene rings is 1. The molecule has 0 bridgehead atoms. The molecule has 74 valence electrons. The molecule has 1 aliphatic rings. The molecule has 4 heteroatoms. The largest absolute Gasteiger partial charge is 0.368 e. The summed E-state index contributed by atoms with van der Waals surface area (Å²) in [6, 6.07) is 4.71. The van der Waals surface area contributed by atoms with Gasteiger partial charge < -0.3 is 5.73 Å². The van der Waals surface area contributed by atoms with E-state index in [1.54, 1.807) is 12.3 Å². The normalized spacial score (nSPS) is 12.3. The summed E-state index contributed by atoms with van der Waals surface area (Å²) >= 11 is 0. The van der Waals surface area contributed by atoms with Crippen LogP contribution in [0.25, 0.3) is 11.3 Å². The molecule has 0 saturated heterocycles. The van der Waals surface area contributed by atoms with Crippen molar-refractivity contribution < 1.29 is 4.39 Å². The maximum atomic E-state index is 13.0. The van der Waals surface area contributed by atoms with E-state index in [1.807, 2.05) is 0 Å². The topological polar surface area (TPSA) is 51.8 Å². The summed E-state index contributed by atoms with van der Waals surface area (Å²) in [5.74, 6) is 0.0356. The molecule has 0 fully saturated rings. The van der Waals surface area contributed by atoms with Crippen molar-refractivity contribution in [1.29, 1.82) is 0 Å². The maximum Gasteiger partial charge on any atom is 0.220 e. The SMILES string of the molecule is Nc1ncc2c(n1)-c1ccc(F)cc1C2. The average molecular weight is 201 g/mol. The van der Waals surface area contributed by atoms with E-state index >= 15 is 0 Å². The molecule has 15 heavy (non-hydrogen) atoms. The zero-order valence-electron chi connectivity index (χ0n) is 7.87. The highest BCUT2D eigenvalue weighted by Gasteiger charge is 2.20. The lowest BCUT2D eigenvalue weighted by atomic mass is 10.1. The van der Waals surface area contributed by atoms with Crippen LogP contribution in [0.1, 0.15) is 11.1 Å². The highest BCUT2D eigenvalue weighted by molar-refractivity contribution is 5.73. The van der Waals surface area contributed by atoms with E-state index in [0.717, 1.165) is 22.4 Å². The maximum absolute atomic E-state index is 13.0. The van der Waals surface area contributed by atoms with Gasteiger partial charge in [-0.15, -0.1) is 0 Å². The number of aromatic nitrogens is 2. The van der Waals surface area contributed by atoms with Crippen LogP contribution in [0, 0.1) is 5.82 Å². The summed E-state index contributed by atoms with van der Waals surface area (Å²) in [5, 5.41) is 0. The molecular formula is C11H8FN3. The standard InChI is InChI=1S/C11H8FN3/c12-8-1-2-9-6(4-8)3-7-5-14-11(13)15-10(7)9/h1-2,4-5H,3H2,(H2,13,14,15). The van der Waals surface area contributed by atoms with Crippen LogP contribution in [0.2, 0.25) is 0 Å². The molecular weight excluding hydrogens is 193 g/mol. The summed E-state index contributed by atoms with van der Waals surface area (Å²) in [6.07, 6.45) is 2.39. The summed E-state index contributed by atoms with van der Waals surface area (Å²) in [4.78, 5) is 8.10. The zero-order valence-corrected chi connectivity index (χ0v) is 7.87. The van der Waals surface area contributed by atoms with Crippen molar-refractivity contribution in [3.05, 3.63) is 41.3 Å². The number of rotatable bonds is 0. The van der Waals surface area contributed by atoms with Gasteiger partial charge in [-0.3, -0.25) is 0 Å². The minimum atomic E-state index is -0.220. The Morgan fingerprint density at radius 1 is 1.27 bits per heavy atom. The van der Waals surface area contributed by atoms with Crippen LogP contribution in [0.4, 0.5) is 10.3 Å². The molecule has 3 nitrogen and oxygen atoms in total. The summed E-state index contributed by atoms with van der Waals surface area (Å²) < 4.78 is 13.0. The van der Waals surface area contributed by atoms with Crippen molar-refractivity contribution in [1.82, 2.24) is 9.97 Å². The summed E-state index contributed by atoms with van der Waals surface area (Å²) in [7, 11) is 0. The number of fused-ring (bicyclic) bond motifs is 3. The second kappa shape index (κ2) is 2.76. The smallest absolute Gasteiger partial charge is 0.220 e. The number of anilines is 1. The highest BCUT2D eigenvalue weighted by Crippen LogP contribution is 2.34. The predicted octanol–water partition coefficient (Wildman–Crippen LogP) is 1.77. The minimum absolute atomic E-state index is 0.220. The van der Waals surface area contributed by atoms with Crippen molar-refractivity contribution in [3.8, 4) is 11.3 Å². The van der Waals surface area contributed by atoms with Gasteiger partial charge in [0.05, 0.1) is 5.69 Å². The first-order chi connectivity index (χ1) is 7.24. The quantitative estimate of drug-likeness (QED) is 0.603. The first-order valence-electron chi connectivity index (χ1n) is 4.64. The van der Waals surface area contributed by atoms with Crippen molar-refractivity contribution >= 4 is 5.95 Å². The molecule has 0 atom stereocenters. The van der Waals surface area contributed by atoms with Crippen LogP contribution in [-0.4, -0.2) is 9.97 Å². The van der Waals surface area contributed by atoms with Gasteiger partial charge in [-0.25, -0.2) is 14.4 Å². The van der Waals surface area contributed by atoms with E-state index in [4.69, 9.17) is 5.73 Å². The van der Waals surface area contributed by atoms with Gasteiger partial charge in [0.2, 0.25) is 5.95 Å². The highest BCUT2D eigenvalue weighted by atomic mass is 19.1. The van der Waals surface area contributed by atoms with Gasteiger partial charge in [0.15, 0.2) is 0 Å². The Kier molecular flexibility index (Phi) is 1.54. The lowest BCUT2D eigenvalue weighted by molar-refractivity contribution is 0.626. The van der Waals surface area contributed by atoms with Crippen molar-refractivity contribution in [2.45, 2.75) is 6.42 Å². The number of halogens is 1. The van der Waals surface area contributed by atoms with E-state index in [-0.39, 0.29) is 11.8 Å². The Morgan fingerprint density at radius 2 is 2.13 bits per heavy atom. The predicted molar refractivity (Wildman–Crippen MR) is 54.6 cm³/mol. The third kappa shape index (κ3) is 1.18. The monoisotopic (exact) mass is 201 g/mol. The molecule has 0 spiro atoms. The Hall–Kier alpha value is -1.97. The van der Waals surface area contributed by atoms with Gasteiger partial charge in [0.25, 0.3) is 0 Å². The second-order valence-electron chi connectivity index (χ2n) is 3.58. The lowest BCUT2D eigenvalue weighted by Crippen LogP contribution is -1.96. The number of nitrogens with two attached hydrogens (primary N) is 1.